The van der Waals surface area contributed by atoms with Gasteiger partial charge in [-0.25, -0.2) is 4.98 Å². The molecule has 0 bridgehead atoms. The van der Waals surface area contributed by atoms with Crippen molar-refractivity contribution in [3.63, 3.8) is 0 Å². The third-order valence-corrected chi connectivity index (χ3v) is 8.45. The first-order valence-electron chi connectivity index (χ1n) is 11.0. The van der Waals surface area contributed by atoms with E-state index in [1.54, 1.807) is 30.2 Å². The van der Waals surface area contributed by atoms with E-state index in [2.05, 4.69) is 27.9 Å². The van der Waals surface area contributed by atoms with Gasteiger partial charge in [0.25, 0.3) is 0 Å². The zero-order chi connectivity index (χ0) is 22.5. The van der Waals surface area contributed by atoms with Gasteiger partial charge in [-0.15, -0.1) is 11.3 Å². The second-order valence-corrected chi connectivity index (χ2v) is 10.7. The van der Waals surface area contributed by atoms with Gasteiger partial charge in [-0.3, -0.25) is 14.7 Å². The standard InChI is InChI=1S/C24H29N3O3S2/c1-16(32-24-26-11-13-31-24)27-12-9-18(21(15-27)23(28)29)5-3-4-17-8-10-25-22-7-6-19(30-2)14-20(17)22/h6-8,10-11,13-14,16,18,21H,3-5,9,12,15H2,1-2H3,(H,28,29)/t16?,18-,21+/m1/s1. The second kappa shape index (κ2) is 10.6. The number of likely N-dealkylation sites (tertiary alicyclic amines) is 1. The fraction of sp³-hybridized carbons (Fsp3) is 0.458. The molecule has 4 rings (SSSR count). The monoisotopic (exact) mass is 471 g/mol. The molecule has 1 saturated heterocycles. The first-order valence-corrected chi connectivity index (χ1v) is 12.8. The summed E-state index contributed by atoms with van der Waals surface area (Å²) in [6.07, 6.45) is 7.39. The molecule has 3 aromatic rings. The van der Waals surface area contributed by atoms with Crippen LogP contribution in [0.4, 0.5) is 0 Å². The number of thioether (sulfide) groups is 1. The number of carbonyl (C=O) groups is 1. The number of hydrogen-bond acceptors (Lipinski definition) is 7. The van der Waals surface area contributed by atoms with E-state index in [0.29, 0.717) is 6.54 Å². The highest BCUT2D eigenvalue weighted by Gasteiger charge is 2.35. The number of thiazole rings is 1. The van der Waals surface area contributed by atoms with Crippen LogP contribution in [-0.4, -0.2) is 51.5 Å². The lowest BCUT2D eigenvalue weighted by Crippen LogP contribution is -2.46. The minimum atomic E-state index is -0.676. The molecule has 3 atom stereocenters. The lowest BCUT2D eigenvalue weighted by Gasteiger charge is -2.39. The van der Waals surface area contributed by atoms with E-state index < -0.39 is 5.97 Å². The number of aryl methyl sites for hydroxylation is 1. The number of fused-ring (bicyclic) bond motifs is 1. The minimum absolute atomic E-state index is 0.212. The maximum atomic E-state index is 12.1. The molecule has 0 spiro atoms. The van der Waals surface area contributed by atoms with Crippen molar-refractivity contribution in [3.05, 3.63) is 47.6 Å². The molecule has 32 heavy (non-hydrogen) atoms. The Morgan fingerprint density at radius 1 is 1.34 bits per heavy atom. The number of methoxy groups -OCH3 is 1. The number of rotatable bonds is 9. The van der Waals surface area contributed by atoms with Crippen molar-refractivity contribution in [3.8, 4) is 5.75 Å². The van der Waals surface area contributed by atoms with E-state index in [9.17, 15) is 9.90 Å². The summed E-state index contributed by atoms with van der Waals surface area (Å²) in [5.74, 6) is 0.0425. The predicted octanol–water partition coefficient (Wildman–Crippen LogP) is 5.18. The largest absolute Gasteiger partial charge is 0.497 e. The van der Waals surface area contributed by atoms with Gasteiger partial charge in [-0.2, -0.15) is 0 Å². The number of hydrogen-bond donors (Lipinski definition) is 1. The Balaban J connectivity index is 1.36. The molecule has 0 radical (unpaired) electrons. The normalized spacial score (nSPS) is 20.3. The first kappa shape index (κ1) is 23.0. The van der Waals surface area contributed by atoms with Crippen LogP contribution < -0.4 is 4.74 Å². The number of benzene rings is 1. The summed E-state index contributed by atoms with van der Waals surface area (Å²) in [5.41, 5.74) is 2.21. The molecule has 6 nitrogen and oxygen atoms in total. The predicted molar refractivity (Wildman–Crippen MR) is 129 cm³/mol. The maximum absolute atomic E-state index is 12.1. The quantitative estimate of drug-likeness (QED) is 0.431. The fourth-order valence-electron chi connectivity index (χ4n) is 4.55. The molecular weight excluding hydrogens is 442 g/mol. The second-order valence-electron chi connectivity index (χ2n) is 8.25. The molecule has 1 N–H and O–H groups in total. The van der Waals surface area contributed by atoms with Crippen LogP contribution in [0.2, 0.25) is 0 Å². The highest BCUT2D eigenvalue weighted by atomic mass is 32.2. The van der Waals surface area contributed by atoms with Crippen LogP contribution in [0.3, 0.4) is 0 Å². The van der Waals surface area contributed by atoms with Crippen molar-refractivity contribution in [2.45, 2.75) is 42.3 Å². The van der Waals surface area contributed by atoms with Gasteiger partial charge in [0.15, 0.2) is 4.34 Å². The van der Waals surface area contributed by atoms with Crippen LogP contribution in [0, 0.1) is 11.8 Å². The van der Waals surface area contributed by atoms with Crippen LogP contribution in [0.15, 0.2) is 46.4 Å². The molecule has 1 unspecified atom stereocenters. The molecule has 0 aliphatic carbocycles. The van der Waals surface area contributed by atoms with Crippen molar-refractivity contribution in [1.29, 1.82) is 0 Å². The lowest BCUT2D eigenvalue weighted by atomic mass is 9.81. The van der Waals surface area contributed by atoms with Crippen LogP contribution in [0.25, 0.3) is 10.9 Å². The molecule has 0 saturated carbocycles. The molecule has 0 amide bonds. The Hall–Kier alpha value is -2.16. The number of carboxylic acids is 1. The topological polar surface area (TPSA) is 75.5 Å². The van der Waals surface area contributed by atoms with Crippen LogP contribution in [0.1, 0.15) is 31.7 Å². The van der Waals surface area contributed by atoms with Gasteiger partial charge < -0.3 is 9.84 Å². The van der Waals surface area contributed by atoms with Crippen LogP contribution >= 0.6 is 23.1 Å². The van der Waals surface area contributed by atoms with E-state index in [-0.39, 0.29) is 17.2 Å². The Morgan fingerprint density at radius 3 is 2.97 bits per heavy atom. The number of nitrogens with zero attached hydrogens (tertiary/aromatic N) is 3. The summed E-state index contributed by atoms with van der Waals surface area (Å²) in [4.78, 5) is 23.2. The molecule has 1 aliphatic rings. The molecular formula is C24H29N3O3S2. The Morgan fingerprint density at radius 2 is 2.22 bits per heavy atom. The zero-order valence-electron chi connectivity index (χ0n) is 18.4. The average Bonchev–Trinajstić information content (AvgIpc) is 3.32. The molecule has 8 heteroatoms. The summed E-state index contributed by atoms with van der Waals surface area (Å²) in [7, 11) is 1.67. The van der Waals surface area contributed by atoms with Crippen molar-refractivity contribution in [2.75, 3.05) is 20.2 Å². The SMILES string of the molecule is COc1ccc2nccc(CCC[C@@H]3CCN(C(C)Sc4nccs4)C[C@@H]3C(=O)O)c2c1. The summed E-state index contributed by atoms with van der Waals surface area (Å²) in [6, 6.07) is 8.02. The first-order chi connectivity index (χ1) is 15.5. The molecule has 2 aromatic heterocycles. The molecule has 1 aromatic carbocycles. The Bertz CT molecular complexity index is 1040. The van der Waals surface area contributed by atoms with E-state index >= 15 is 0 Å². The Labute approximate surface area is 197 Å². The van der Waals surface area contributed by atoms with Gasteiger partial charge in [-0.05, 0) is 74.9 Å². The third-order valence-electron chi connectivity index (χ3n) is 6.36. The van der Waals surface area contributed by atoms with Crippen LogP contribution in [-0.2, 0) is 11.2 Å². The van der Waals surface area contributed by atoms with Gasteiger partial charge in [-0.1, -0.05) is 11.8 Å². The number of aliphatic carboxylic acids is 1. The maximum Gasteiger partial charge on any atom is 0.308 e. The molecule has 170 valence electrons. The summed E-state index contributed by atoms with van der Waals surface area (Å²) in [5, 5.41) is 13.2. The van der Waals surface area contributed by atoms with E-state index in [0.717, 1.165) is 53.2 Å². The van der Waals surface area contributed by atoms with Gasteiger partial charge in [0, 0.05) is 29.7 Å². The highest BCUT2D eigenvalue weighted by Crippen LogP contribution is 2.34. The van der Waals surface area contributed by atoms with Crippen molar-refractivity contribution in [2.24, 2.45) is 11.8 Å². The lowest BCUT2D eigenvalue weighted by molar-refractivity contribution is -0.146. The summed E-state index contributed by atoms with van der Waals surface area (Å²) < 4.78 is 6.41. The van der Waals surface area contributed by atoms with Crippen molar-refractivity contribution >= 4 is 40.0 Å². The summed E-state index contributed by atoms with van der Waals surface area (Å²) in [6.45, 7) is 3.69. The van der Waals surface area contributed by atoms with E-state index in [1.165, 1.54) is 5.56 Å². The van der Waals surface area contributed by atoms with Crippen LogP contribution in [0.5, 0.6) is 5.75 Å². The summed E-state index contributed by atoms with van der Waals surface area (Å²) >= 11 is 3.35. The van der Waals surface area contributed by atoms with Gasteiger partial charge in [0.2, 0.25) is 0 Å². The smallest absolute Gasteiger partial charge is 0.308 e. The van der Waals surface area contributed by atoms with Gasteiger partial charge >= 0.3 is 5.97 Å². The number of piperidine rings is 1. The highest BCUT2D eigenvalue weighted by molar-refractivity contribution is 8.01. The fourth-order valence-corrected chi connectivity index (χ4v) is 6.47. The molecule has 1 aliphatic heterocycles. The van der Waals surface area contributed by atoms with Gasteiger partial charge in [0.05, 0.1) is 23.9 Å². The van der Waals surface area contributed by atoms with Crippen molar-refractivity contribution in [1.82, 2.24) is 14.9 Å². The zero-order valence-corrected chi connectivity index (χ0v) is 20.1. The number of aromatic nitrogens is 2. The Kier molecular flexibility index (Phi) is 7.65. The number of carboxylic acid groups (broad SMARTS) is 1. The van der Waals surface area contributed by atoms with E-state index in [4.69, 9.17) is 4.74 Å². The third kappa shape index (κ3) is 5.42. The number of ether oxygens (including phenoxy) is 1. The van der Waals surface area contributed by atoms with Gasteiger partial charge in [0.1, 0.15) is 5.75 Å². The number of pyridine rings is 1. The molecule has 1 fully saturated rings. The average molecular weight is 472 g/mol. The van der Waals surface area contributed by atoms with E-state index in [1.807, 2.05) is 36.0 Å². The molecule has 3 heterocycles. The minimum Gasteiger partial charge on any atom is -0.497 e. The van der Waals surface area contributed by atoms with Crippen molar-refractivity contribution < 1.29 is 14.6 Å².